The molecule has 108 valence electrons. The first kappa shape index (κ1) is 14.2. The van der Waals surface area contributed by atoms with Gasteiger partial charge in [-0.3, -0.25) is 9.59 Å². The van der Waals surface area contributed by atoms with E-state index in [0.29, 0.717) is 12.1 Å². The van der Waals surface area contributed by atoms with Crippen molar-refractivity contribution in [2.24, 2.45) is 0 Å². The van der Waals surface area contributed by atoms with Crippen LogP contribution in [0.1, 0.15) is 17.3 Å². The van der Waals surface area contributed by atoms with Crippen molar-refractivity contribution in [3.05, 3.63) is 23.8 Å². The van der Waals surface area contributed by atoms with Gasteiger partial charge in [0.15, 0.2) is 0 Å². The maximum absolute atomic E-state index is 12.4. The highest BCUT2D eigenvalue weighted by atomic mass is 16.2. The predicted molar refractivity (Wildman–Crippen MR) is 79.1 cm³/mol. The van der Waals surface area contributed by atoms with Crippen LogP contribution in [0.2, 0.25) is 0 Å². The first-order valence-corrected chi connectivity index (χ1v) is 6.77. The van der Waals surface area contributed by atoms with E-state index < -0.39 is 0 Å². The van der Waals surface area contributed by atoms with Crippen LogP contribution in [-0.4, -0.2) is 49.9 Å². The molecule has 2 rings (SSSR count). The summed E-state index contributed by atoms with van der Waals surface area (Å²) in [5, 5.41) is 9.05. The third-order valence-corrected chi connectivity index (χ3v) is 3.30. The maximum atomic E-state index is 12.4. The summed E-state index contributed by atoms with van der Waals surface area (Å²) in [5.41, 5.74) is 2.52. The molecule has 1 aromatic rings. The van der Waals surface area contributed by atoms with Crippen LogP contribution >= 0.6 is 0 Å². The zero-order chi connectivity index (χ0) is 14.5. The molecule has 20 heavy (non-hydrogen) atoms. The fourth-order valence-corrected chi connectivity index (χ4v) is 2.13. The van der Waals surface area contributed by atoms with Crippen molar-refractivity contribution in [2.75, 3.05) is 43.9 Å². The lowest BCUT2D eigenvalue weighted by atomic mass is 10.1. The molecule has 0 radical (unpaired) electrons. The molecular weight excluding hydrogens is 256 g/mol. The van der Waals surface area contributed by atoms with Crippen molar-refractivity contribution < 1.29 is 9.59 Å². The second-order valence-corrected chi connectivity index (χ2v) is 4.61. The Kier molecular flexibility index (Phi) is 4.45. The Morgan fingerprint density at radius 2 is 1.95 bits per heavy atom. The molecule has 0 aromatic heterocycles. The Morgan fingerprint density at radius 1 is 1.25 bits per heavy atom. The minimum Gasteiger partial charge on any atom is -0.382 e. The number of nitrogens with one attached hydrogen (secondary N) is 3. The van der Waals surface area contributed by atoms with Crippen LogP contribution in [0.25, 0.3) is 0 Å². The number of amides is 2. The van der Waals surface area contributed by atoms with E-state index in [9.17, 15) is 9.59 Å². The quantitative estimate of drug-likeness (QED) is 0.758. The molecule has 0 saturated heterocycles. The van der Waals surface area contributed by atoms with Gasteiger partial charge in [-0.2, -0.15) is 0 Å². The van der Waals surface area contributed by atoms with Gasteiger partial charge in [-0.05, 0) is 25.1 Å². The van der Waals surface area contributed by atoms with Crippen LogP contribution in [0.4, 0.5) is 11.4 Å². The zero-order valence-corrected chi connectivity index (χ0v) is 11.8. The van der Waals surface area contributed by atoms with Crippen molar-refractivity contribution in [1.82, 2.24) is 10.2 Å². The number of anilines is 2. The van der Waals surface area contributed by atoms with Crippen molar-refractivity contribution in [3.63, 3.8) is 0 Å². The van der Waals surface area contributed by atoms with E-state index in [-0.39, 0.29) is 18.4 Å². The Hall–Kier alpha value is -2.24. The first-order chi connectivity index (χ1) is 9.65. The lowest BCUT2D eigenvalue weighted by molar-refractivity contribution is -0.121. The third kappa shape index (κ3) is 3.01. The normalized spacial score (nSPS) is 12.7. The van der Waals surface area contributed by atoms with E-state index >= 15 is 0 Å². The van der Waals surface area contributed by atoms with E-state index in [0.717, 1.165) is 24.5 Å². The minimum absolute atomic E-state index is 0.0780. The van der Waals surface area contributed by atoms with Crippen molar-refractivity contribution in [3.8, 4) is 0 Å². The molecule has 6 nitrogen and oxygen atoms in total. The van der Waals surface area contributed by atoms with Gasteiger partial charge in [0.1, 0.15) is 0 Å². The highest BCUT2D eigenvalue weighted by Gasteiger charge is 2.18. The van der Waals surface area contributed by atoms with Crippen molar-refractivity contribution in [2.45, 2.75) is 6.92 Å². The molecule has 0 saturated carbocycles. The average Bonchev–Trinajstić information content (AvgIpc) is 2.51. The number of hydrogen-bond acceptors (Lipinski definition) is 4. The molecule has 1 aliphatic rings. The first-order valence-electron chi connectivity index (χ1n) is 6.77. The van der Waals surface area contributed by atoms with Gasteiger partial charge in [0, 0.05) is 32.2 Å². The average molecular weight is 276 g/mol. The van der Waals surface area contributed by atoms with Gasteiger partial charge >= 0.3 is 0 Å². The fraction of sp³-hybridized carbons (Fsp3) is 0.429. The zero-order valence-electron chi connectivity index (χ0n) is 11.8. The van der Waals surface area contributed by atoms with Crippen LogP contribution in [0.15, 0.2) is 18.2 Å². The van der Waals surface area contributed by atoms with Crippen LogP contribution in [0, 0.1) is 0 Å². The lowest BCUT2D eigenvalue weighted by Gasteiger charge is -2.23. The van der Waals surface area contributed by atoms with E-state index in [4.69, 9.17) is 0 Å². The summed E-state index contributed by atoms with van der Waals surface area (Å²) in [6.07, 6.45) is 0. The SMILES string of the molecule is CCN(CC(=O)NC)C(=O)c1ccc2c(c1)NCCN2. The molecule has 0 atom stereocenters. The molecule has 0 bridgehead atoms. The summed E-state index contributed by atoms with van der Waals surface area (Å²) >= 11 is 0. The number of benzene rings is 1. The number of hydrogen-bond donors (Lipinski definition) is 3. The molecule has 1 aliphatic heterocycles. The Morgan fingerprint density at radius 3 is 2.60 bits per heavy atom. The lowest BCUT2D eigenvalue weighted by Crippen LogP contribution is -2.39. The summed E-state index contributed by atoms with van der Waals surface area (Å²) in [6.45, 7) is 4.14. The summed E-state index contributed by atoms with van der Waals surface area (Å²) in [7, 11) is 1.56. The molecule has 6 heteroatoms. The second kappa shape index (κ2) is 6.27. The molecular formula is C14H20N4O2. The van der Waals surface area contributed by atoms with Gasteiger partial charge in [0.05, 0.1) is 17.9 Å². The maximum Gasteiger partial charge on any atom is 0.254 e. The van der Waals surface area contributed by atoms with E-state index in [1.54, 1.807) is 13.1 Å². The van der Waals surface area contributed by atoms with Crippen molar-refractivity contribution in [1.29, 1.82) is 0 Å². The van der Waals surface area contributed by atoms with Crippen LogP contribution < -0.4 is 16.0 Å². The summed E-state index contributed by atoms with van der Waals surface area (Å²) < 4.78 is 0. The monoisotopic (exact) mass is 276 g/mol. The molecule has 0 fully saturated rings. The highest BCUT2D eigenvalue weighted by molar-refractivity contribution is 5.98. The largest absolute Gasteiger partial charge is 0.382 e. The van der Waals surface area contributed by atoms with E-state index in [1.807, 2.05) is 19.1 Å². The molecule has 1 heterocycles. The molecule has 1 aromatic carbocycles. The second-order valence-electron chi connectivity index (χ2n) is 4.61. The van der Waals surface area contributed by atoms with Gasteiger partial charge in [0.25, 0.3) is 5.91 Å². The molecule has 0 unspecified atom stereocenters. The van der Waals surface area contributed by atoms with Gasteiger partial charge < -0.3 is 20.9 Å². The number of likely N-dealkylation sites (N-methyl/N-ethyl adjacent to an activating group) is 2. The summed E-state index contributed by atoms with van der Waals surface area (Å²) in [6, 6.07) is 5.51. The van der Waals surface area contributed by atoms with E-state index in [1.165, 1.54) is 4.90 Å². The molecule has 3 N–H and O–H groups in total. The van der Waals surface area contributed by atoms with Crippen LogP contribution in [0.5, 0.6) is 0 Å². The number of carbonyl (C=O) groups is 2. The topological polar surface area (TPSA) is 73.5 Å². The number of fused-ring (bicyclic) bond motifs is 1. The summed E-state index contributed by atoms with van der Waals surface area (Å²) in [4.78, 5) is 25.4. The van der Waals surface area contributed by atoms with Crippen LogP contribution in [-0.2, 0) is 4.79 Å². The number of rotatable bonds is 4. The van der Waals surface area contributed by atoms with Gasteiger partial charge in [0.2, 0.25) is 5.91 Å². The Labute approximate surface area is 118 Å². The van der Waals surface area contributed by atoms with Gasteiger partial charge in [-0.25, -0.2) is 0 Å². The fourth-order valence-electron chi connectivity index (χ4n) is 2.13. The Balaban J connectivity index is 2.16. The molecule has 2 amide bonds. The standard InChI is InChI=1S/C14H20N4O2/c1-3-18(9-13(19)15-2)14(20)10-4-5-11-12(8-10)17-7-6-16-11/h4-5,8,16-17H,3,6-7,9H2,1-2H3,(H,15,19). The number of nitrogens with zero attached hydrogens (tertiary/aromatic N) is 1. The summed E-state index contributed by atoms with van der Waals surface area (Å²) in [5.74, 6) is -0.302. The Bertz CT molecular complexity index is 516. The van der Waals surface area contributed by atoms with E-state index in [2.05, 4.69) is 16.0 Å². The van der Waals surface area contributed by atoms with Crippen molar-refractivity contribution >= 4 is 23.2 Å². The number of carbonyl (C=O) groups excluding carboxylic acids is 2. The molecule has 0 spiro atoms. The van der Waals surface area contributed by atoms with Gasteiger partial charge in [-0.1, -0.05) is 0 Å². The van der Waals surface area contributed by atoms with Crippen LogP contribution in [0.3, 0.4) is 0 Å². The minimum atomic E-state index is -0.169. The smallest absolute Gasteiger partial charge is 0.254 e. The third-order valence-electron chi connectivity index (χ3n) is 3.30. The molecule has 0 aliphatic carbocycles. The predicted octanol–water partition coefficient (Wildman–Crippen LogP) is 0.732. The highest BCUT2D eigenvalue weighted by Crippen LogP contribution is 2.25. The van der Waals surface area contributed by atoms with Gasteiger partial charge in [-0.15, -0.1) is 0 Å².